The zero-order chi connectivity index (χ0) is 14.5. The van der Waals surface area contributed by atoms with Gasteiger partial charge in [0.05, 0.1) is 0 Å². The molecule has 0 radical (unpaired) electrons. The van der Waals surface area contributed by atoms with Gasteiger partial charge in [0.1, 0.15) is 5.25 Å². The summed E-state index contributed by atoms with van der Waals surface area (Å²) < 4.78 is 23.8. The van der Waals surface area contributed by atoms with E-state index in [1.54, 1.807) is 18.2 Å². The summed E-state index contributed by atoms with van der Waals surface area (Å²) in [6, 6.07) is 5.19. The highest BCUT2D eigenvalue weighted by molar-refractivity contribution is 7.90. The second-order valence-corrected chi connectivity index (χ2v) is 7.58. The molecular weight excluding hydrogens is 276 g/mol. The van der Waals surface area contributed by atoms with Gasteiger partial charge < -0.3 is 10.7 Å². The molecule has 20 heavy (non-hydrogen) atoms. The Balaban J connectivity index is 2.25. The molecule has 1 aromatic heterocycles. The van der Waals surface area contributed by atoms with Crippen LogP contribution in [0.5, 0.6) is 0 Å². The van der Waals surface area contributed by atoms with Crippen molar-refractivity contribution in [3.63, 3.8) is 0 Å². The van der Waals surface area contributed by atoms with Crippen LogP contribution in [-0.4, -0.2) is 25.6 Å². The minimum atomic E-state index is -3.14. The van der Waals surface area contributed by atoms with Crippen molar-refractivity contribution in [2.45, 2.75) is 24.5 Å². The molecule has 1 aromatic carbocycles. The zero-order valence-electron chi connectivity index (χ0n) is 11.1. The summed E-state index contributed by atoms with van der Waals surface area (Å²) >= 11 is 0. The zero-order valence-corrected chi connectivity index (χ0v) is 12.0. The number of aromatic amines is 1. The Hall–Kier alpha value is -1.82. The molecule has 2 aromatic rings. The van der Waals surface area contributed by atoms with E-state index in [2.05, 4.69) is 4.98 Å². The molecule has 0 spiro atoms. The Morgan fingerprint density at radius 3 is 2.80 bits per heavy atom. The second kappa shape index (κ2) is 4.34. The van der Waals surface area contributed by atoms with Gasteiger partial charge in [-0.3, -0.25) is 4.79 Å². The summed E-state index contributed by atoms with van der Waals surface area (Å²) in [5.74, 6) is -0.475. The van der Waals surface area contributed by atoms with E-state index in [4.69, 9.17) is 5.73 Å². The largest absolute Gasteiger partial charge is 0.366 e. The lowest BCUT2D eigenvalue weighted by molar-refractivity contribution is 0.100. The van der Waals surface area contributed by atoms with Gasteiger partial charge in [-0.15, -0.1) is 0 Å². The number of amides is 1. The normalized spacial score (nSPS) is 18.9. The van der Waals surface area contributed by atoms with Gasteiger partial charge in [0.15, 0.2) is 9.84 Å². The topological polar surface area (TPSA) is 93.0 Å². The first-order valence-electron chi connectivity index (χ1n) is 6.51. The maximum absolute atomic E-state index is 11.9. The fraction of sp³-hybridized carbons (Fsp3) is 0.357. The Labute approximate surface area is 117 Å². The third kappa shape index (κ3) is 2.00. The Morgan fingerprint density at radius 1 is 1.40 bits per heavy atom. The molecule has 5 nitrogen and oxygen atoms in total. The number of primary amides is 1. The number of rotatable bonds is 2. The summed E-state index contributed by atoms with van der Waals surface area (Å²) in [6.07, 6.45) is 3.57. The van der Waals surface area contributed by atoms with Crippen molar-refractivity contribution >= 4 is 26.6 Å². The van der Waals surface area contributed by atoms with Gasteiger partial charge in [0.2, 0.25) is 5.91 Å². The van der Waals surface area contributed by atoms with Gasteiger partial charge in [0, 0.05) is 28.4 Å². The van der Waals surface area contributed by atoms with E-state index in [1.807, 2.05) is 0 Å². The average Bonchev–Trinajstić information content (AvgIpc) is 2.74. The Kier molecular flexibility index (Phi) is 2.86. The quantitative estimate of drug-likeness (QED) is 0.882. The van der Waals surface area contributed by atoms with Gasteiger partial charge in [-0.1, -0.05) is 0 Å². The SMILES string of the molecule is CS(=O)(=O)C1CCCc2c1[nH]c1ccc(C(N)=O)cc21. The number of carbonyl (C=O) groups is 1. The van der Waals surface area contributed by atoms with Crippen LogP contribution in [-0.2, 0) is 16.3 Å². The van der Waals surface area contributed by atoms with Crippen molar-refractivity contribution in [1.82, 2.24) is 4.98 Å². The first-order chi connectivity index (χ1) is 9.38. The number of carbonyl (C=O) groups excluding carboxylic acids is 1. The number of sulfone groups is 1. The van der Waals surface area contributed by atoms with E-state index in [-0.39, 0.29) is 0 Å². The standard InChI is InChI=1S/C14H16N2O3S/c1-20(18,19)12-4-2-3-9-10-7-8(14(15)17)5-6-11(10)16-13(9)12/h5-7,12,16H,2-4H2,1H3,(H2,15,17). The minimum Gasteiger partial charge on any atom is -0.366 e. The molecule has 0 saturated heterocycles. The summed E-state index contributed by atoms with van der Waals surface area (Å²) in [4.78, 5) is 14.5. The smallest absolute Gasteiger partial charge is 0.248 e. The van der Waals surface area contributed by atoms with Crippen molar-refractivity contribution in [3.8, 4) is 0 Å². The lowest BCUT2D eigenvalue weighted by Crippen LogP contribution is -2.17. The van der Waals surface area contributed by atoms with Crippen LogP contribution in [0, 0.1) is 0 Å². The predicted octanol–water partition coefficient (Wildman–Crippen LogP) is 1.69. The molecule has 3 N–H and O–H groups in total. The molecule has 3 rings (SSSR count). The van der Waals surface area contributed by atoms with Gasteiger partial charge >= 0.3 is 0 Å². The third-order valence-corrected chi connectivity index (χ3v) is 5.46. The predicted molar refractivity (Wildman–Crippen MR) is 77.3 cm³/mol. The van der Waals surface area contributed by atoms with Gasteiger partial charge in [-0.05, 0) is 43.0 Å². The summed E-state index contributed by atoms with van der Waals surface area (Å²) in [7, 11) is -3.14. The molecule has 0 aliphatic heterocycles. The van der Waals surface area contributed by atoms with Crippen LogP contribution in [0.1, 0.15) is 39.7 Å². The fourth-order valence-electron chi connectivity index (χ4n) is 3.00. The molecule has 1 unspecified atom stereocenters. The van der Waals surface area contributed by atoms with E-state index in [0.29, 0.717) is 12.0 Å². The van der Waals surface area contributed by atoms with Crippen LogP contribution < -0.4 is 5.73 Å². The van der Waals surface area contributed by atoms with E-state index in [1.165, 1.54) is 6.26 Å². The molecule has 1 aliphatic rings. The lowest BCUT2D eigenvalue weighted by atomic mass is 9.94. The van der Waals surface area contributed by atoms with Gasteiger partial charge in [-0.25, -0.2) is 8.42 Å². The maximum Gasteiger partial charge on any atom is 0.248 e. The Bertz CT molecular complexity index is 805. The van der Waals surface area contributed by atoms with E-state index in [9.17, 15) is 13.2 Å². The monoisotopic (exact) mass is 292 g/mol. The number of hydrogen-bond donors (Lipinski definition) is 2. The first kappa shape index (κ1) is 13.2. The highest BCUT2D eigenvalue weighted by atomic mass is 32.2. The Morgan fingerprint density at radius 2 is 2.15 bits per heavy atom. The van der Waals surface area contributed by atoms with E-state index < -0.39 is 21.0 Å². The second-order valence-electron chi connectivity index (χ2n) is 5.35. The van der Waals surface area contributed by atoms with Crippen molar-refractivity contribution in [1.29, 1.82) is 0 Å². The molecule has 1 amide bonds. The molecule has 0 saturated carbocycles. The number of aromatic nitrogens is 1. The van der Waals surface area contributed by atoms with Crippen LogP contribution in [0.15, 0.2) is 18.2 Å². The molecule has 1 aliphatic carbocycles. The van der Waals surface area contributed by atoms with Crippen LogP contribution in [0.3, 0.4) is 0 Å². The number of benzene rings is 1. The van der Waals surface area contributed by atoms with Crippen molar-refractivity contribution in [2.75, 3.05) is 6.26 Å². The minimum absolute atomic E-state index is 0.445. The lowest BCUT2D eigenvalue weighted by Gasteiger charge is -2.20. The summed E-state index contributed by atoms with van der Waals surface area (Å²) in [5, 5.41) is 0.431. The van der Waals surface area contributed by atoms with Gasteiger partial charge in [0.25, 0.3) is 0 Å². The summed E-state index contributed by atoms with van der Waals surface area (Å²) in [5.41, 5.74) is 8.38. The van der Waals surface area contributed by atoms with Crippen LogP contribution in [0.25, 0.3) is 10.9 Å². The average molecular weight is 292 g/mol. The summed E-state index contributed by atoms with van der Waals surface area (Å²) in [6.45, 7) is 0. The molecule has 106 valence electrons. The van der Waals surface area contributed by atoms with Crippen LogP contribution >= 0.6 is 0 Å². The number of nitrogens with two attached hydrogens (primary N) is 1. The molecule has 1 atom stereocenters. The van der Waals surface area contributed by atoms with Crippen LogP contribution in [0.2, 0.25) is 0 Å². The van der Waals surface area contributed by atoms with E-state index >= 15 is 0 Å². The van der Waals surface area contributed by atoms with Crippen molar-refractivity contribution in [3.05, 3.63) is 35.0 Å². The maximum atomic E-state index is 11.9. The van der Waals surface area contributed by atoms with Crippen molar-refractivity contribution < 1.29 is 13.2 Å². The molecular formula is C14H16N2O3S. The number of hydrogen-bond acceptors (Lipinski definition) is 3. The third-order valence-electron chi connectivity index (χ3n) is 3.96. The molecule has 6 heteroatoms. The van der Waals surface area contributed by atoms with E-state index in [0.717, 1.165) is 35.0 Å². The number of aryl methyl sites for hydroxylation is 1. The molecule has 0 fully saturated rings. The number of nitrogens with one attached hydrogen (secondary N) is 1. The molecule has 1 heterocycles. The van der Waals surface area contributed by atoms with Crippen LogP contribution in [0.4, 0.5) is 0 Å². The van der Waals surface area contributed by atoms with Gasteiger partial charge in [-0.2, -0.15) is 0 Å². The highest BCUT2D eigenvalue weighted by Gasteiger charge is 2.31. The van der Waals surface area contributed by atoms with Crippen molar-refractivity contribution in [2.24, 2.45) is 5.73 Å². The molecule has 0 bridgehead atoms. The number of fused-ring (bicyclic) bond motifs is 3. The fourth-order valence-corrected chi connectivity index (χ4v) is 4.23. The highest BCUT2D eigenvalue weighted by Crippen LogP contribution is 2.38. The number of H-pyrrole nitrogens is 1. The first-order valence-corrected chi connectivity index (χ1v) is 8.46.